The highest BCUT2D eigenvalue weighted by Gasteiger charge is 2.20. The molecule has 1 aliphatic heterocycles. The number of nitro groups is 1. The van der Waals surface area contributed by atoms with Crippen LogP contribution in [0.1, 0.15) is 31.2 Å². The van der Waals surface area contributed by atoms with Crippen LogP contribution in [0.15, 0.2) is 24.3 Å². The molecule has 1 N–H and O–H groups in total. The van der Waals surface area contributed by atoms with Crippen molar-refractivity contribution in [1.29, 1.82) is 0 Å². The number of nitrogens with zero attached hydrogens (tertiary/aromatic N) is 2. The van der Waals surface area contributed by atoms with E-state index in [1.165, 1.54) is 12.1 Å². The molecule has 0 radical (unpaired) electrons. The average molecular weight is 290 g/mol. The fourth-order valence-electron chi connectivity index (χ4n) is 2.54. The third-order valence-electron chi connectivity index (χ3n) is 3.56. The summed E-state index contributed by atoms with van der Waals surface area (Å²) in [5, 5.41) is 19.9. The van der Waals surface area contributed by atoms with Crippen LogP contribution in [-0.4, -0.2) is 29.1 Å². The van der Waals surface area contributed by atoms with Gasteiger partial charge in [-0.05, 0) is 30.5 Å². The van der Waals surface area contributed by atoms with E-state index in [-0.39, 0.29) is 5.69 Å². The summed E-state index contributed by atoms with van der Waals surface area (Å²) in [6.45, 7) is 1.65. The van der Waals surface area contributed by atoms with Crippen LogP contribution < -0.4 is 4.90 Å². The second-order valence-corrected chi connectivity index (χ2v) is 5.08. The summed E-state index contributed by atoms with van der Waals surface area (Å²) in [5.41, 5.74) is 1.17. The van der Waals surface area contributed by atoms with Crippen LogP contribution in [0.5, 0.6) is 0 Å². The number of carboxylic acids is 1. The fraction of sp³-hybridized carbons (Fsp3) is 0.400. The SMILES string of the molecule is O=C(O)/C=C/c1ccc(N2CCCCCC2)c([N+](=O)[O-])c1. The number of carboxylic acid groups (broad SMARTS) is 1. The van der Waals surface area contributed by atoms with Gasteiger partial charge in [0.2, 0.25) is 0 Å². The Hall–Kier alpha value is -2.37. The first-order valence-corrected chi connectivity index (χ1v) is 7.02. The number of benzene rings is 1. The highest BCUT2D eigenvalue weighted by Crippen LogP contribution is 2.31. The van der Waals surface area contributed by atoms with Crippen LogP contribution in [0, 0.1) is 10.1 Å². The van der Waals surface area contributed by atoms with Crippen molar-refractivity contribution in [3.05, 3.63) is 40.0 Å². The zero-order valence-corrected chi connectivity index (χ0v) is 11.7. The van der Waals surface area contributed by atoms with Gasteiger partial charge in [-0.15, -0.1) is 0 Å². The molecule has 0 aromatic heterocycles. The third-order valence-corrected chi connectivity index (χ3v) is 3.56. The first kappa shape index (κ1) is 15.0. The van der Waals surface area contributed by atoms with Gasteiger partial charge in [0, 0.05) is 25.2 Å². The highest BCUT2D eigenvalue weighted by atomic mass is 16.6. The molecule has 1 saturated heterocycles. The van der Waals surface area contributed by atoms with Crippen LogP contribution in [0.4, 0.5) is 11.4 Å². The number of nitro benzene ring substituents is 1. The molecular weight excluding hydrogens is 272 g/mol. The van der Waals surface area contributed by atoms with Crippen molar-refractivity contribution in [1.82, 2.24) is 0 Å². The Morgan fingerprint density at radius 3 is 2.48 bits per heavy atom. The second-order valence-electron chi connectivity index (χ2n) is 5.08. The van der Waals surface area contributed by atoms with Crippen molar-refractivity contribution in [3.8, 4) is 0 Å². The van der Waals surface area contributed by atoms with Gasteiger partial charge in [0.25, 0.3) is 5.69 Å². The number of rotatable bonds is 4. The van der Waals surface area contributed by atoms with E-state index in [1.54, 1.807) is 12.1 Å². The molecule has 0 saturated carbocycles. The molecule has 0 amide bonds. The van der Waals surface area contributed by atoms with Gasteiger partial charge in [0.1, 0.15) is 5.69 Å². The Morgan fingerprint density at radius 1 is 1.24 bits per heavy atom. The molecule has 1 aliphatic rings. The maximum atomic E-state index is 11.3. The summed E-state index contributed by atoms with van der Waals surface area (Å²) in [7, 11) is 0. The summed E-state index contributed by atoms with van der Waals surface area (Å²) >= 11 is 0. The number of aliphatic carboxylic acids is 1. The Balaban J connectivity index is 2.32. The molecule has 6 heteroatoms. The predicted molar refractivity (Wildman–Crippen MR) is 80.4 cm³/mol. The summed E-state index contributed by atoms with van der Waals surface area (Å²) < 4.78 is 0. The molecule has 0 aliphatic carbocycles. The van der Waals surface area contributed by atoms with Gasteiger partial charge in [-0.25, -0.2) is 4.79 Å². The van der Waals surface area contributed by atoms with Crippen LogP contribution in [0.25, 0.3) is 6.08 Å². The Labute approximate surface area is 122 Å². The normalized spacial score (nSPS) is 15.9. The van der Waals surface area contributed by atoms with Crippen molar-refractivity contribution >= 4 is 23.4 Å². The minimum Gasteiger partial charge on any atom is -0.478 e. The maximum Gasteiger partial charge on any atom is 0.328 e. The lowest BCUT2D eigenvalue weighted by Gasteiger charge is -2.22. The van der Waals surface area contributed by atoms with E-state index in [4.69, 9.17) is 5.11 Å². The van der Waals surface area contributed by atoms with Gasteiger partial charge >= 0.3 is 5.97 Å². The van der Waals surface area contributed by atoms with Gasteiger partial charge in [0.15, 0.2) is 0 Å². The van der Waals surface area contributed by atoms with Gasteiger partial charge in [0.05, 0.1) is 4.92 Å². The standard InChI is InChI=1S/C15H18N2O4/c18-15(19)8-6-12-5-7-13(14(11-12)17(20)21)16-9-3-1-2-4-10-16/h5-8,11H,1-4,9-10H2,(H,18,19)/b8-6+. The minimum absolute atomic E-state index is 0.0319. The molecule has 0 bridgehead atoms. The van der Waals surface area contributed by atoms with E-state index in [0.29, 0.717) is 11.3 Å². The van der Waals surface area contributed by atoms with Crippen molar-refractivity contribution in [2.45, 2.75) is 25.7 Å². The molecule has 0 unspecified atom stereocenters. The maximum absolute atomic E-state index is 11.3. The number of hydrogen-bond donors (Lipinski definition) is 1. The largest absolute Gasteiger partial charge is 0.478 e. The van der Waals surface area contributed by atoms with Crippen molar-refractivity contribution in [2.75, 3.05) is 18.0 Å². The monoisotopic (exact) mass is 290 g/mol. The lowest BCUT2D eigenvalue weighted by molar-refractivity contribution is -0.384. The summed E-state index contributed by atoms with van der Waals surface area (Å²) in [6, 6.07) is 4.86. The van der Waals surface area contributed by atoms with Crippen molar-refractivity contribution in [3.63, 3.8) is 0 Å². The first-order valence-electron chi connectivity index (χ1n) is 7.02. The molecule has 6 nitrogen and oxygen atoms in total. The van der Waals surface area contributed by atoms with Crippen LogP contribution in [-0.2, 0) is 4.79 Å². The van der Waals surface area contributed by atoms with E-state index in [1.807, 2.05) is 0 Å². The molecular formula is C15H18N2O4. The van der Waals surface area contributed by atoms with E-state index in [0.717, 1.165) is 44.8 Å². The molecule has 2 rings (SSSR count). The van der Waals surface area contributed by atoms with E-state index in [9.17, 15) is 14.9 Å². The topological polar surface area (TPSA) is 83.7 Å². The van der Waals surface area contributed by atoms with E-state index in [2.05, 4.69) is 4.90 Å². The molecule has 0 atom stereocenters. The lowest BCUT2D eigenvalue weighted by Crippen LogP contribution is -2.24. The Morgan fingerprint density at radius 2 is 1.90 bits per heavy atom. The molecule has 112 valence electrons. The Bertz CT molecular complexity index is 561. The molecule has 0 spiro atoms. The molecule has 1 aromatic rings. The predicted octanol–water partition coefficient (Wildman–Crippen LogP) is 3.07. The highest BCUT2D eigenvalue weighted by molar-refractivity contribution is 5.85. The summed E-state index contributed by atoms with van der Waals surface area (Å²) in [4.78, 5) is 23.4. The van der Waals surface area contributed by atoms with Crippen LogP contribution in [0.3, 0.4) is 0 Å². The van der Waals surface area contributed by atoms with Crippen LogP contribution >= 0.6 is 0 Å². The van der Waals surface area contributed by atoms with Crippen molar-refractivity contribution in [2.24, 2.45) is 0 Å². The third kappa shape index (κ3) is 4.05. The van der Waals surface area contributed by atoms with Gasteiger partial charge in [-0.1, -0.05) is 18.9 Å². The molecule has 1 fully saturated rings. The minimum atomic E-state index is -1.07. The summed E-state index contributed by atoms with van der Waals surface area (Å²) in [6.07, 6.45) is 6.73. The summed E-state index contributed by atoms with van der Waals surface area (Å²) in [5.74, 6) is -1.07. The Kier molecular flexibility index (Phi) is 4.92. The van der Waals surface area contributed by atoms with Gasteiger partial charge in [-0.2, -0.15) is 0 Å². The fourth-order valence-corrected chi connectivity index (χ4v) is 2.54. The van der Waals surface area contributed by atoms with Crippen LogP contribution in [0.2, 0.25) is 0 Å². The number of carbonyl (C=O) groups is 1. The lowest BCUT2D eigenvalue weighted by atomic mass is 10.1. The van der Waals surface area contributed by atoms with Gasteiger partial charge < -0.3 is 10.0 Å². The zero-order chi connectivity index (χ0) is 15.2. The quantitative estimate of drug-likeness (QED) is 0.523. The van der Waals surface area contributed by atoms with Crippen molar-refractivity contribution < 1.29 is 14.8 Å². The number of hydrogen-bond acceptors (Lipinski definition) is 4. The zero-order valence-electron chi connectivity index (χ0n) is 11.7. The van der Waals surface area contributed by atoms with Gasteiger partial charge in [-0.3, -0.25) is 10.1 Å². The molecule has 21 heavy (non-hydrogen) atoms. The smallest absolute Gasteiger partial charge is 0.328 e. The molecule has 1 aromatic carbocycles. The number of anilines is 1. The van der Waals surface area contributed by atoms with E-state index < -0.39 is 10.9 Å². The first-order chi connectivity index (χ1) is 10.1. The average Bonchev–Trinajstić information content (AvgIpc) is 2.73. The van der Waals surface area contributed by atoms with E-state index >= 15 is 0 Å². The second kappa shape index (κ2) is 6.88. The molecule has 1 heterocycles.